The number of benzene rings is 2. The van der Waals surface area contributed by atoms with E-state index >= 15 is 0 Å². The van der Waals surface area contributed by atoms with Crippen LogP contribution in [-0.2, 0) is 21.2 Å². The van der Waals surface area contributed by atoms with Crippen molar-refractivity contribution in [1.82, 2.24) is 9.62 Å². The predicted octanol–water partition coefficient (Wildman–Crippen LogP) is 3.29. The molecule has 8 heteroatoms. The van der Waals surface area contributed by atoms with Gasteiger partial charge in [0, 0.05) is 19.2 Å². The van der Waals surface area contributed by atoms with Crippen LogP contribution >= 0.6 is 0 Å². The van der Waals surface area contributed by atoms with E-state index in [0.29, 0.717) is 18.5 Å². The summed E-state index contributed by atoms with van der Waals surface area (Å²) >= 11 is 0. The highest BCUT2D eigenvalue weighted by Gasteiger charge is 2.26. The third-order valence-electron chi connectivity index (χ3n) is 5.16. The molecule has 2 aromatic carbocycles. The summed E-state index contributed by atoms with van der Waals surface area (Å²) in [5.74, 6) is -0.315. The normalized spacial score (nSPS) is 16.5. The van der Waals surface area contributed by atoms with Crippen LogP contribution in [0.1, 0.15) is 36.6 Å². The molecule has 0 bridgehead atoms. The van der Waals surface area contributed by atoms with Crippen LogP contribution < -0.4 is 9.46 Å². The Balaban J connectivity index is 1.83. The number of hydrogen-bond acceptors (Lipinski definition) is 4. The lowest BCUT2D eigenvalue weighted by Gasteiger charge is -2.34. The van der Waals surface area contributed by atoms with Crippen molar-refractivity contribution in [1.29, 1.82) is 0 Å². The maximum absolute atomic E-state index is 13.6. The number of methoxy groups -OCH3 is 1. The maximum atomic E-state index is 13.6. The number of nitrogens with one attached hydrogen (secondary N) is 1. The molecular formula is C22H25FN2O4S. The highest BCUT2D eigenvalue weighted by Crippen LogP contribution is 2.30. The van der Waals surface area contributed by atoms with Crippen molar-refractivity contribution in [3.05, 3.63) is 65.0 Å². The van der Waals surface area contributed by atoms with E-state index in [4.69, 9.17) is 4.74 Å². The quantitative estimate of drug-likeness (QED) is 0.711. The second-order valence-electron chi connectivity index (χ2n) is 7.05. The fraction of sp³-hybridized carbons (Fsp3) is 0.318. The molecule has 1 unspecified atom stereocenters. The van der Waals surface area contributed by atoms with Crippen LogP contribution in [-0.4, -0.2) is 39.4 Å². The van der Waals surface area contributed by atoms with Gasteiger partial charge in [-0.2, -0.15) is 0 Å². The van der Waals surface area contributed by atoms with Crippen LogP contribution in [0.3, 0.4) is 0 Å². The van der Waals surface area contributed by atoms with Crippen LogP contribution in [0.25, 0.3) is 6.08 Å². The number of carbonyl (C=O) groups excluding carboxylic acids is 1. The molecule has 1 amide bonds. The number of nitrogens with zero attached hydrogens (tertiary/aromatic N) is 1. The molecule has 0 aliphatic carbocycles. The molecule has 1 heterocycles. The van der Waals surface area contributed by atoms with Crippen LogP contribution in [0.5, 0.6) is 5.75 Å². The fourth-order valence-electron chi connectivity index (χ4n) is 3.62. The van der Waals surface area contributed by atoms with Gasteiger partial charge in [-0.05, 0) is 60.4 Å². The van der Waals surface area contributed by atoms with Gasteiger partial charge in [0.2, 0.25) is 15.9 Å². The van der Waals surface area contributed by atoms with Gasteiger partial charge in [0.25, 0.3) is 0 Å². The van der Waals surface area contributed by atoms with Crippen molar-refractivity contribution < 1.29 is 22.3 Å². The van der Waals surface area contributed by atoms with Crippen molar-refractivity contribution in [2.75, 3.05) is 20.2 Å². The largest absolute Gasteiger partial charge is 0.495 e. The van der Waals surface area contributed by atoms with Crippen molar-refractivity contribution in [2.45, 2.75) is 31.2 Å². The third kappa shape index (κ3) is 4.55. The SMILES string of the molecule is CCNS(=O)(=O)c1cc(/C=C/C(=O)N2CCc3ccc(F)cc3C2C)ccc1OC. The Morgan fingerprint density at radius 1 is 1.30 bits per heavy atom. The summed E-state index contributed by atoms with van der Waals surface area (Å²) in [6, 6.07) is 9.13. The van der Waals surface area contributed by atoms with Gasteiger partial charge in [0.05, 0.1) is 13.2 Å². The lowest BCUT2D eigenvalue weighted by atomic mass is 9.93. The minimum Gasteiger partial charge on any atom is -0.495 e. The zero-order chi connectivity index (χ0) is 21.9. The Kier molecular flexibility index (Phi) is 6.58. The molecule has 0 fully saturated rings. The van der Waals surface area contributed by atoms with Crippen molar-refractivity contribution in [3.8, 4) is 5.75 Å². The standard InChI is InChI=1S/C22H25FN2O4S/c1-4-24-30(27,28)21-13-16(5-9-20(21)29-3)6-10-22(26)25-12-11-17-7-8-18(23)14-19(17)15(25)2/h5-10,13-15,24H,4,11-12H2,1-3H3/b10-6+. The Morgan fingerprint density at radius 3 is 2.77 bits per heavy atom. The van der Waals surface area contributed by atoms with Gasteiger partial charge in [-0.25, -0.2) is 17.5 Å². The number of carbonyl (C=O) groups is 1. The first-order chi connectivity index (χ1) is 14.3. The van der Waals surface area contributed by atoms with Gasteiger partial charge in [-0.1, -0.05) is 19.1 Å². The van der Waals surface area contributed by atoms with Crippen LogP contribution in [0.15, 0.2) is 47.4 Å². The molecule has 0 saturated heterocycles. The van der Waals surface area contributed by atoms with Gasteiger partial charge >= 0.3 is 0 Å². The smallest absolute Gasteiger partial charge is 0.247 e. The maximum Gasteiger partial charge on any atom is 0.247 e. The molecule has 1 aliphatic heterocycles. The lowest BCUT2D eigenvalue weighted by molar-refractivity contribution is -0.128. The molecule has 1 atom stereocenters. The van der Waals surface area contributed by atoms with Crippen LogP contribution in [0.2, 0.25) is 0 Å². The van der Waals surface area contributed by atoms with E-state index in [0.717, 1.165) is 11.1 Å². The third-order valence-corrected chi connectivity index (χ3v) is 6.73. The van der Waals surface area contributed by atoms with E-state index in [-0.39, 0.29) is 35.0 Å². The second kappa shape index (κ2) is 8.97. The molecule has 1 N–H and O–H groups in total. The number of rotatable bonds is 6. The monoisotopic (exact) mass is 432 g/mol. The predicted molar refractivity (Wildman–Crippen MR) is 113 cm³/mol. The van der Waals surface area contributed by atoms with Crippen molar-refractivity contribution in [2.24, 2.45) is 0 Å². The zero-order valence-corrected chi connectivity index (χ0v) is 18.0. The summed E-state index contributed by atoms with van der Waals surface area (Å²) in [5, 5.41) is 0. The Hall–Kier alpha value is -2.71. The Bertz CT molecular complexity index is 1080. The summed E-state index contributed by atoms with van der Waals surface area (Å²) in [5.41, 5.74) is 2.41. The molecule has 0 spiro atoms. The van der Waals surface area contributed by atoms with Gasteiger partial charge in [0.1, 0.15) is 16.5 Å². The number of fused-ring (bicyclic) bond motifs is 1. The van der Waals surface area contributed by atoms with E-state index in [1.165, 1.54) is 31.4 Å². The summed E-state index contributed by atoms with van der Waals surface area (Å²) < 4.78 is 46.1. The lowest BCUT2D eigenvalue weighted by Crippen LogP contribution is -2.37. The molecule has 160 valence electrons. The number of halogens is 1. The summed E-state index contributed by atoms with van der Waals surface area (Å²) in [6.45, 7) is 4.35. The minimum atomic E-state index is -3.72. The highest BCUT2D eigenvalue weighted by molar-refractivity contribution is 7.89. The summed E-state index contributed by atoms with van der Waals surface area (Å²) in [6.07, 6.45) is 3.64. The first kappa shape index (κ1) is 22.0. The summed E-state index contributed by atoms with van der Waals surface area (Å²) in [4.78, 5) is 14.5. The summed E-state index contributed by atoms with van der Waals surface area (Å²) in [7, 11) is -2.32. The second-order valence-corrected chi connectivity index (χ2v) is 8.78. The Labute approximate surface area is 176 Å². The molecular weight excluding hydrogens is 407 g/mol. The zero-order valence-electron chi connectivity index (χ0n) is 17.2. The molecule has 3 rings (SSSR count). The van der Waals surface area contributed by atoms with Gasteiger partial charge in [0.15, 0.2) is 0 Å². The Morgan fingerprint density at radius 2 is 2.07 bits per heavy atom. The molecule has 0 aromatic heterocycles. The number of ether oxygens (including phenoxy) is 1. The fourth-order valence-corrected chi connectivity index (χ4v) is 4.87. The van der Waals surface area contributed by atoms with Crippen LogP contribution in [0, 0.1) is 5.82 Å². The molecule has 1 aliphatic rings. The van der Waals surface area contributed by atoms with Crippen molar-refractivity contribution >= 4 is 22.0 Å². The first-order valence-electron chi connectivity index (χ1n) is 9.71. The molecule has 6 nitrogen and oxygen atoms in total. The van der Waals surface area contributed by atoms with Gasteiger partial charge < -0.3 is 9.64 Å². The average Bonchev–Trinajstić information content (AvgIpc) is 2.72. The van der Waals surface area contributed by atoms with E-state index in [1.807, 2.05) is 6.92 Å². The van der Waals surface area contributed by atoms with E-state index in [9.17, 15) is 17.6 Å². The van der Waals surface area contributed by atoms with E-state index in [1.54, 1.807) is 36.1 Å². The number of sulfonamides is 1. The van der Waals surface area contributed by atoms with Gasteiger partial charge in [-0.15, -0.1) is 0 Å². The molecule has 2 aromatic rings. The number of amides is 1. The average molecular weight is 433 g/mol. The molecule has 30 heavy (non-hydrogen) atoms. The van der Waals surface area contributed by atoms with E-state index in [2.05, 4.69) is 4.72 Å². The molecule has 0 saturated carbocycles. The van der Waals surface area contributed by atoms with E-state index < -0.39 is 10.0 Å². The molecule has 0 radical (unpaired) electrons. The minimum absolute atomic E-state index is 0.0113. The number of hydrogen-bond donors (Lipinski definition) is 1. The van der Waals surface area contributed by atoms with Gasteiger partial charge in [-0.3, -0.25) is 4.79 Å². The topological polar surface area (TPSA) is 75.7 Å². The van der Waals surface area contributed by atoms with Crippen molar-refractivity contribution in [3.63, 3.8) is 0 Å². The first-order valence-corrected chi connectivity index (χ1v) is 11.2. The van der Waals surface area contributed by atoms with Crippen LogP contribution in [0.4, 0.5) is 4.39 Å². The highest BCUT2D eigenvalue weighted by atomic mass is 32.2.